The Balaban J connectivity index is 1.33. The van der Waals surface area contributed by atoms with Crippen molar-refractivity contribution in [3.8, 4) is 11.5 Å². The van der Waals surface area contributed by atoms with Gasteiger partial charge in [-0.25, -0.2) is 0 Å². The van der Waals surface area contributed by atoms with Crippen LogP contribution in [0.3, 0.4) is 0 Å². The molecular formula is C19H25NO3. The molecule has 0 unspecified atom stereocenters. The number of unbranched alkanes of at least 4 members (excludes halogenated alkanes) is 2. The van der Waals surface area contributed by atoms with E-state index in [4.69, 9.17) is 9.47 Å². The number of carbonyl (C=O) groups is 1. The van der Waals surface area contributed by atoms with Gasteiger partial charge in [0, 0.05) is 13.1 Å². The minimum atomic E-state index is 0.181. The van der Waals surface area contributed by atoms with Crippen molar-refractivity contribution >= 4 is 5.91 Å². The highest BCUT2D eigenvalue weighted by Crippen LogP contribution is 2.32. The van der Waals surface area contributed by atoms with Gasteiger partial charge in [-0.2, -0.15) is 0 Å². The average molecular weight is 315 g/mol. The number of allylic oxidation sites excluding steroid dienone is 1. The van der Waals surface area contributed by atoms with E-state index in [1.165, 1.54) is 12.0 Å². The highest BCUT2D eigenvalue weighted by molar-refractivity contribution is 5.87. The Bertz CT molecular complexity index is 562. The Kier molecular flexibility index (Phi) is 5.56. The van der Waals surface area contributed by atoms with E-state index in [0.717, 1.165) is 63.1 Å². The number of carbonyl (C=O) groups excluding carboxylic acids is 1. The van der Waals surface area contributed by atoms with Crippen LogP contribution in [0.5, 0.6) is 11.5 Å². The molecule has 4 nitrogen and oxygen atoms in total. The smallest absolute Gasteiger partial charge is 0.246 e. The first-order chi connectivity index (χ1) is 11.3. The molecule has 0 radical (unpaired) electrons. The van der Waals surface area contributed by atoms with Crippen molar-refractivity contribution < 1.29 is 14.3 Å². The monoisotopic (exact) mass is 315 g/mol. The molecule has 3 rings (SSSR count). The highest BCUT2D eigenvalue weighted by atomic mass is 16.7. The zero-order valence-electron chi connectivity index (χ0n) is 13.6. The van der Waals surface area contributed by atoms with E-state index in [2.05, 4.69) is 12.1 Å². The minimum Gasteiger partial charge on any atom is -0.454 e. The molecule has 1 fully saturated rings. The second-order valence-electron chi connectivity index (χ2n) is 6.22. The zero-order chi connectivity index (χ0) is 15.9. The lowest BCUT2D eigenvalue weighted by Gasteiger charge is -2.25. The summed E-state index contributed by atoms with van der Waals surface area (Å²) >= 11 is 0. The van der Waals surface area contributed by atoms with E-state index in [1.54, 1.807) is 6.08 Å². The van der Waals surface area contributed by atoms with Crippen LogP contribution < -0.4 is 9.47 Å². The molecule has 2 aliphatic rings. The maximum Gasteiger partial charge on any atom is 0.246 e. The van der Waals surface area contributed by atoms with Gasteiger partial charge >= 0.3 is 0 Å². The standard InChI is InChI=1S/C19H25NO3/c21-19(20-12-6-3-7-13-20)9-5-2-1-4-8-16-10-11-17-18(14-16)23-15-22-17/h5,9-11,14H,1-4,6-8,12-13,15H2. The minimum absolute atomic E-state index is 0.181. The Hall–Kier alpha value is -1.97. The molecule has 2 heterocycles. The molecule has 0 aliphatic carbocycles. The SMILES string of the molecule is O=C(C=CCCCCc1ccc2c(c1)OCO2)N1CCCCC1. The lowest BCUT2D eigenvalue weighted by atomic mass is 10.1. The van der Waals surface area contributed by atoms with Crippen LogP contribution in [-0.4, -0.2) is 30.7 Å². The summed E-state index contributed by atoms with van der Waals surface area (Å²) in [6.07, 6.45) is 11.5. The van der Waals surface area contributed by atoms with Gasteiger partial charge in [0.15, 0.2) is 11.5 Å². The highest BCUT2D eigenvalue weighted by Gasteiger charge is 2.14. The molecule has 0 atom stereocenters. The van der Waals surface area contributed by atoms with Gasteiger partial charge in [0.05, 0.1) is 0 Å². The summed E-state index contributed by atoms with van der Waals surface area (Å²) in [5.74, 6) is 1.88. The molecule has 1 saturated heterocycles. The van der Waals surface area contributed by atoms with Crippen LogP contribution in [0.1, 0.15) is 44.1 Å². The first kappa shape index (κ1) is 15.9. The fraction of sp³-hybridized carbons (Fsp3) is 0.526. The van der Waals surface area contributed by atoms with Crippen LogP contribution in [0.2, 0.25) is 0 Å². The van der Waals surface area contributed by atoms with Crippen molar-refractivity contribution in [2.75, 3.05) is 19.9 Å². The Morgan fingerprint density at radius 1 is 1.09 bits per heavy atom. The first-order valence-corrected chi connectivity index (χ1v) is 8.67. The summed E-state index contributed by atoms with van der Waals surface area (Å²) in [7, 11) is 0. The molecule has 0 spiro atoms. The zero-order valence-corrected chi connectivity index (χ0v) is 13.6. The second-order valence-corrected chi connectivity index (χ2v) is 6.22. The second kappa shape index (κ2) is 8.04. The quantitative estimate of drug-likeness (QED) is 0.593. The number of benzene rings is 1. The summed E-state index contributed by atoms with van der Waals surface area (Å²) in [4.78, 5) is 13.9. The lowest BCUT2D eigenvalue weighted by molar-refractivity contribution is -0.126. The molecule has 0 bridgehead atoms. The number of nitrogens with zero attached hydrogens (tertiary/aromatic N) is 1. The maximum atomic E-state index is 12.0. The van der Waals surface area contributed by atoms with Gasteiger partial charge in [-0.15, -0.1) is 0 Å². The average Bonchev–Trinajstić information content (AvgIpc) is 3.06. The van der Waals surface area contributed by atoms with Gasteiger partial charge in [0.25, 0.3) is 0 Å². The number of hydrogen-bond donors (Lipinski definition) is 0. The topological polar surface area (TPSA) is 38.8 Å². The van der Waals surface area contributed by atoms with Crippen molar-refractivity contribution in [1.82, 2.24) is 4.90 Å². The van der Waals surface area contributed by atoms with E-state index < -0.39 is 0 Å². The van der Waals surface area contributed by atoms with Crippen LogP contribution in [0, 0.1) is 0 Å². The summed E-state index contributed by atoms with van der Waals surface area (Å²) in [6, 6.07) is 6.15. The molecule has 0 N–H and O–H groups in total. The number of likely N-dealkylation sites (tertiary alicyclic amines) is 1. The Labute approximate surface area is 138 Å². The molecule has 1 aromatic rings. The summed E-state index contributed by atoms with van der Waals surface area (Å²) in [6.45, 7) is 2.18. The van der Waals surface area contributed by atoms with Gasteiger partial charge in [-0.1, -0.05) is 12.1 Å². The first-order valence-electron chi connectivity index (χ1n) is 8.67. The van der Waals surface area contributed by atoms with Gasteiger partial charge in [0.1, 0.15) is 0 Å². The molecule has 0 aromatic heterocycles. The Morgan fingerprint density at radius 2 is 1.91 bits per heavy atom. The third-order valence-corrected chi connectivity index (χ3v) is 4.45. The van der Waals surface area contributed by atoms with Crippen molar-refractivity contribution in [1.29, 1.82) is 0 Å². The summed E-state index contributed by atoms with van der Waals surface area (Å²) in [5, 5.41) is 0. The lowest BCUT2D eigenvalue weighted by Crippen LogP contribution is -2.34. The number of hydrogen-bond acceptors (Lipinski definition) is 3. The van der Waals surface area contributed by atoms with Gasteiger partial charge in [0.2, 0.25) is 12.7 Å². The predicted molar refractivity (Wildman–Crippen MR) is 89.7 cm³/mol. The van der Waals surface area contributed by atoms with Crippen LogP contribution >= 0.6 is 0 Å². The summed E-state index contributed by atoms with van der Waals surface area (Å²) in [5.41, 5.74) is 1.28. The fourth-order valence-corrected chi connectivity index (χ4v) is 3.09. The molecule has 23 heavy (non-hydrogen) atoms. The maximum absolute atomic E-state index is 12.0. The Morgan fingerprint density at radius 3 is 2.78 bits per heavy atom. The molecule has 0 saturated carbocycles. The number of aryl methyl sites for hydroxylation is 1. The van der Waals surface area contributed by atoms with Gasteiger partial charge in [-0.3, -0.25) is 4.79 Å². The number of amides is 1. The number of piperidine rings is 1. The van der Waals surface area contributed by atoms with Crippen LogP contribution in [-0.2, 0) is 11.2 Å². The summed E-state index contributed by atoms with van der Waals surface area (Å²) < 4.78 is 10.7. The molecule has 124 valence electrons. The number of ether oxygens (including phenoxy) is 2. The third kappa shape index (κ3) is 4.50. The largest absolute Gasteiger partial charge is 0.454 e. The van der Waals surface area contributed by atoms with Crippen LogP contribution in [0.15, 0.2) is 30.4 Å². The van der Waals surface area contributed by atoms with Crippen molar-refractivity contribution in [2.24, 2.45) is 0 Å². The van der Waals surface area contributed by atoms with Crippen molar-refractivity contribution in [3.63, 3.8) is 0 Å². The van der Waals surface area contributed by atoms with E-state index in [9.17, 15) is 4.79 Å². The van der Waals surface area contributed by atoms with E-state index in [0.29, 0.717) is 6.79 Å². The van der Waals surface area contributed by atoms with Crippen molar-refractivity contribution in [2.45, 2.75) is 44.9 Å². The predicted octanol–water partition coefficient (Wildman–Crippen LogP) is 3.70. The van der Waals surface area contributed by atoms with E-state index in [-0.39, 0.29) is 5.91 Å². The molecule has 4 heteroatoms. The van der Waals surface area contributed by atoms with Gasteiger partial charge < -0.3 is 14.4 Å². The molecule has 1 amide bonds. The van der Waals surface area contributed by atoms with E-state index in [1.807, 2.05) is 17.0 Å². The number of fused-ring (bicyclic) bond motifs is 1. The molecule has 2 aliphatic heterocycles. The van der Waals surface area contributed by atoms with E-state index >= 15 is 0 Å². The normalized spacial score (nSPS) is 17.0. The van der Waals surface area contributed by atoms with Crippen LogP contribution in [0.4, 0.5) is 0 Å². The van der Waals surface area contributed by atoms with Crippen molar-refractivity contribution in [3.05, 3.63) is 35.9 Å². The van der Waals surface area contributed by atoms with Crippen LogP contribution in [0.25, 0.3) is 0 Å². The van der Waals surface area contributed by atoms with Gasteiger partial charge in [-0.05, 0) is 68.7 Å². The number of rotatable bonds is 6. The fourth-order valence-electron chi connectivity index (χ4n) is 3.09. The molecule has 1 aromatic carbocycles. The third-order valence-electron chi connectivity index (χ3n) is 4.45. The molecular weight excluding hydrogens is 290 g/mol.